The minimum Gasteiger partial charge on any atom is -0.484 e. The molecule has 0 radical (unpaired) electrons. The zero-order valence-electron chi connectivity index (χ0n) is 14.9. The fraction of sp³-hybridized carbons (Fsp3) is 0.421. The Morgan fingerprint density at radius 2 is 1.96 bits per heavy atom. The number of amides is 2. The Hall–Kier alpha value is -2.90. The third-order valence-corrected chi connectivity index (χ3v) is 4.44. The average molecular weight is 374 g/mol. The first-order chi connectivity index (χ1) is 13.1. The number of carbonyl (C=O) groups excluding carboxylic acids is 2. The first-order valence-corrected chi connectivity index (χ1v) is 9.03. The number of hydrogen-bond acceptors (Lipinski definition) is 4. The van der Waals surface area contributed by atoms with Crippen LogP contribution in [0, 0.1) is 5.82 Å². The van der Waals surface area contributed by atoms with Crippen LogP contribution in [0.15, 0.2) is 42.7 Å². The van der Waals surface area contributed by atoms with Gasteiger partial charge in [0.2, 0.25) is 5.91 Å². The van der Waals surface area contributed by atoms with E-state index in [1.807, 2.05) is 0 Å². The van der Waals surface area contributed by atoms with Gasteiger partial charge in [0.05, 0.1) is 0 Å². The smallest absolute Gasteiger partial charge is 0.258 e. The standard InChI is InChI=1S/C19H23FN4O3/c20-14-4-1-7-17(10-14)27-13-19(26)23-16-6-2-5-15(11-16)22-18(25)12-24-9-3-8-21-24/h1,3-4,7-10,15-16H,2,5-6,11-13H2,(H,22,25)(H,23,26)/t15-,16-/m1/s1. The van der Waals surface area contributed by atoms with Gasteiger partial charge in [-0.25, -0.2) is 4.39 Å². The molecular formula is C19H23FN4O3. The molecule has 2 N–H and O–H groups in total. The van der Waals surface area contributed by atoms with Crippen molar-refractivity contribution in [3.63, 3.8) is 0 Å². The molecule has 1 aliphatic carbocycles. The van der Waals surface area contributed by atoms with Crippen LogP contribution >= 0.6 is 0 Å². The number of halogens is 1. The molecule has 1 heterocycles. The summed E-state index contributed by atoms with van der Waals surface area (Å²) in [6.07, 6.45) is 6.71. The Morgan fingerprint density at radius 3 is 2.67 bits per heavy atom. The third kappa shape index (κ3) is 6.09. The van der Waals surface area contributed by atoms with Crippen molar-refractivity contribution in [1.82, 2.24) is 20.4 Å². The number of ether oxygens (including phenoxy) is 1. The van der Waals surface area contributed by atoms with Crippen molar-refractivity contribution in [1.29, 1.82) is 0 Å². The van der Waals surface area contributed by atoms with E-state index in [0.29, 0.717) is 12.2 Å². The molecule has 2 amide bonds. The maximum Gasteiger partial charge on any atom is 0.258 e. The van der Waals surface area contributed by atoms with E-state index in [0.717, 1.165) is 19.3 Å². The summed E-state index contributed by atoms with van der Waals surface area (Å²) in [4.78, 5) is 24.2. The molecule has 0 aliphatic heterocycles. The quantitative estimate of drug-likeness (QED) is 0.772. The number of nitrogens with zero attached hydrogens (tertiary/aromatic N) is 2. The van der Waals surface area contributed by atoms with Gasteiger partial charge < -0.3 is 15.4 Å². The second kappa shape index (κ2) is 9.16. The topological polar surface area (TPSA) is 85.3 Å². The molecule has 27 heavy (non-hydrogen) atoms. The van der Waals surface area contributed by atoms with Crippen molar-refractivity contribution >= 4 is 11.8 Å². The van der Waals surface area contributed by atoms with E-state index in [4.69, 9.17) is 4.74 Å². The number of aromatic nitrogens is 2. The Bertz CT molecular complexity index is 766. The van der Waals surface area contributed by atoms with Crippen molar-refractivity contribution in [3.05, 3.63) is 48.5 Å². The zero-order valence-corrected chi connectivity index (χ0v) is 14.9. The molecule has 1 saturated carbocycles. The predicted molar refractivity (Wildman–Crippen MR) is 96.5 cm³/mol. The maximum atomic E-state index is 13.1. The third-order valence-electron chi connectivity index (χ3n) is 4.44. The van der Waals surface area contributed by atoms with Gasteiger partial charge in [-0.3, -0.25) is 14.3 Å². The molecular weight excluding hydrogens is 351 g/mol. The molecule has 0 spiro atoms. The SMILES string of the molecule is O=C(COc1cccc(F)c1)N[C@@H]1CCC[C@@H](NC(=O)Cn2cccn2)C1. The fourth-order valence-corrected chi connectivity index (χ4v) is 3.24. The lowest BCUT2D eigenvalue weighted by Gasteiger charge is -2.30. The number of benzene rings is 1. The van der Waals surface area contributed by atoms with Crippen LogP contribution in [0.25, 0.3) is 0 Å². The highest BCUT2D eigenvalue weighted by atomic mass is 19.1. The Balaban J connectivity index is 1.40. The summed E-state index contributed by atoms with van der Waals surface area (Å²) in [5.74, 6) is -0.440. The highest BCUT2D eigenvalue weighted by molar-refractivity contribution is 5.78. The maximum absolute atomic E-state index is 13.1. The summed E-state index contributed by atoms with van der Waals surface area (Å²) in [5.41, 5.74) is 0. The first-order valence-electron chi connectivity index (χ1n) is 9.03. The molecule has 0 unspecified atom stereocenters. The van der Waals surface area contributed by atoms with Gasteiger partial charge in [-0.2, -0.15) is 5.10 Å². The molecule has 3 rings (SSSR count). The zero-order chi connectivity index (χ0) is 19.1. The molecule has 0 bridgehead atoms. The molecule has 2 aromatic rings. The van der Waals surface area contributed by atoms with E-state index in [2.05, 4.69) is 15.7 Å². The van der Waals surface area contributed by atoms with Crippen LogP contribution in [0.3, 0.4) is 0 Å². The van der Waals surface area contributed by atoms with E-state index in [9.17, 15) is 14.0 Å². The number of hydrogen-bond donors (Lipinski definition) is 2. The second-order valence-corrected chi connectivity index (χ2v) is 6.65. The lowest BCUT2D eigenvalue weighted by atomic mass is 9.91. The summed E-state index contributed by atoms with van der Waals surface area (Å²) in [7, 11) is 0. The molecule has 144 valence electrons. The van der Waals surface area contributed by atoms with Gasteiger partial charge in [-0.15, -0.1) is 0 Å². The van der Waals surface area contributed by atoms with Crippen LogP contribution in [0.5, 0.6) is 5.75 Å². The van der Waals surface area contributed by atoms with E-state index in [1.54, 1.807) is 29.2 Å². The lowest BCUT2D eigenvalue weighted by Crippen LogP contribution is -2.47. The molecule has 1 aromatic carbocycles. The predicted octanol–water partition coefficient (Wildman–Crippen LogP) is 1.64. The molecule has 1 aromatic heterocycles. The van der Waals surface area contributed by atoms with Crippen molar-refractivity contribution in [2.45, 2.75) is 44.3 Å². The summed E-state index contributed by atoms with van der Waals surface area (Å²) >= 11 is 0. The molecule has 8 heteroatoms. The Kier molecular flexibility index (Phi) is 6.40. The number of carbonyl (C=O) groups is 2. The Labute approximate surface area is 156 Å². The molecule has 1 aliphatic rings. The summed E-state index contributed by atoms with van der Waals surface area (Å²) in [5, 5.41) is 9.94. The minimum absolute atomic E-state index is 0.0163. The molecule has 1 fully saturated rings. The summed E-state index contributed by atoms with van der Waals surface area (Å²) in [6, 6.07) is 7.45. The van der Waals surface area contributed by atoms with Gasteiger partial charge >= 0.3 is 0 Å². The van der Waals surface area contributed by atoms with Crippen molar-refractivity contribution in [3.8, 4) is 5.75 Å². The van der Waals surface area contributed by atoms with Gasteiger partial charge in [-0.05, 0) is 43.9 Å². The van der Waals surface area contributed by atoms with Gasteiger partial charge in [0.15, 0.2) is 6.61 Å². The van der Waals surface area contributed by atoms with Crippen LogP contribution in [0.1, 0.15) is 25.7 Å². The Morgan fingerprint density at radius 1 is 1.19 bits per heavy atom. The lowest BCUT2D eigenvalue weighted by molar-refractivity contribution is -0.124. The fourth-order valence-electron chi connectivity index (χ4n) is 3.24. The highest BCUT2D eigenvalue weighted by Crippen LogP contribution is 2.19. The van der Waals surface area contributed by atoms with Crippen LogP contribution in [0.2, 0.25) is 0 Å². The largest absolute Gasteiger partial charge is 0.484 e. The number of rotatable bonds is 7. The van der Waals surface area contributed by atoms with Crippen LogP contribution in [-0.4, -0.2) is 40.3 Å². The van der Waals surface area contributed by atoms with Gasteiger partial charge in [-0.1, -0.05) is 6.07 Å². The molecule has 0 saturated heterocycles. The van der Waals surface area contributed by atoms with Crippen molar-refractivity contribution < 1.29 is 18.7 Å². The normalized spacial score (nSPS) is 19.3. The highest BCUT2D eigenvalue weighted by Gasteiger charge is 2.24. The van der Waals surface area contributed by atoms with Gasteiger partial charge in [0, 0.05) is 30.5 Å². The van der Waals surface area contributed by atoms with Gasteiger partial charge in [0.1, 0.15) is 18.1 Å². The van der Waals surface area contributed by atoms with Crippen LogP contribution in [-0.2, 0) is 16.1 Å². The number of nitrogens with one attached hydrogen (secondary N) is 2. The summed E-state index contributed by atoms with van der Waals surface area (Å²) in [6.45, 7) is 0.0122. The molecule has 7 nitrogen and oxygen atoms in total. The van der Waals surface area contributed by atoms with Crippen LogP contribution < -0.4 is 15.4 Å². The van der Waals surface area contributed by atoms with Gasteiger partial charge in [0.25, 0.3) is 5.91 Å². The summed E-state index contributed by atoms with van der Waals surface area (Å²) < 4.78 is 20.0. The van der Waals surface area contributed by atoms with Crippen molar-refractivity contribution in [2.24, 2.45) is 0 Å². The van der Waals surface area contributed by atoms with E-state index < -0.39 is 5.82 Å². The second-order valence-electron chi connectivity index (χ2n) is 6.65. The van der Waals surface area contributed by atoms with Crippen LogP contribution in [0.4, 0.5) is 4.39 Å². The van der Waals surface area contributed by atoms with Crippen molar-refractivity contribution in [2.75, 3.05) is 6.61 Å². The van der Waals surface area contributed by atoms with E-state index >= 15 is 0 Å². The minimum atomic E-state index is -0.408. The first kappa shape index (κ1) is 18.9. The average Bonchev–Trinajstić information content (AvgIpc) is 3.13. The van der Waals surface area contributed by atoms with E-state index in [-0.39, 0.29) is 37.0 Å². The van der Waals surface area contributed by atoms with E-state index in [1.165, 1.54) is 18.2 Å². The molecule has 2 atom stereocenters. The monoisotopic (exact) mass is 374 g/mol.